The lowest BCUT2D eigenvalue weighted by Crippen LogP contribution is -2.40. The molecule has 37 heavy (non-hydrogen) atoms. The van der Waals surface area contributed by atoms with E-state index in [0.29, 0.717) is 25.9 Å². The molecule has 8 N–H and O–H groups in total. The first-order valence-corrected chi connectivity index (χ1v) is 13.4. The normalized spacial score (nSPS) is 20.1. The zero-order valence-electron chi connectivity index (χ0n) is 22.1. The first kappa shape index (κ1) is 34.7. The topological polar surface area (TPSA) is 208 Å². The van der Waals surface area contributed by atoms with Crippen molar-refractivity contribution in [3.8, 4) is 0 Å². The van der Waals surface area contributed by atoms with E-state index in [2.05, 4.69) is 9.80 Å². The van der Waals surface area contributed by atoms with Crippen LogP contribution in [0.1, 0.15) is 83.5 Å². The molecular formula is C25H48N4O8. The van der Waals surface area contributed by atoms with Gasteiger partial charge in [0.25, 0.3) is 0 Å². The van der Waals surface area contributed by atoms with Gasteiger partial charge in [-0.2, -0.15) is 0 Å². The fourth-order valence-electron chi connectivity index (χ4n) is 4.54. The smallest absolute Gasteiger partial charge is 0.304 e. The Bertz CT molecular complexity index is 559. The second-order valence-corrected chi connectivity index (χ2v) is 9.45. The SMILES string of the molecule is NCCCN.O=C(O)CCC1CCCCN1CCC(=O)O.O=C(O)CCC1CCCCN1CCC(=O)O. The maximum Gasteiger partial charge on any atom is 0.304 e. The number of likely N-dealkylation sites (tertiary alicyclic amines) is 2. The third-order valence-electron chi connectivity index (χ3n) is 6.52. The highest BCUT2D eigenvalue weighted by Crippen LogP contribution is 2.22. The standard InChI is InChI=1S/2C11H19NO4.C3H10N2/c2*13-10(14)5-4-9-3-1-2-7-12(9)8-6-11(15)16;4-2-1-3-5/h2*9H,1-8H2,(H,13,14)(H,15,16);1-5H2. The van der Waals surface area contributed by atoms with Crippen molar-refractivity contribution in [2.24, 2.45) is 11.5 Å². The van der Waals surface area contributed by atoms with Crippen molar-refractivity contribution in [3.05, 3.63) is 0 Å². The Morgan fingerprint density at radius 2 is 0.946 bits per heavy atom. The minimum absolute atomic E-state index is 0.142. The molecule has 2 rings (SSSR count). The predicted molar refractivity (Wildman–Crippen MR) is 139 cm³/mol. The lowest BCUT2D eigenvalue weighted by atomic mass is 9.98. The molecule has 0 aromatic heterocycles. The van der Waals surface area contributed by atoms with Gasteiger partial charge in [-0.3, -0.25) is 29.0 Å². The maximum atomic E-state index is 10.5. The fourth-order valence-corrected chi connectivity index (χ4v) is 4.54. The molecule has 0 spiro atoms. The van der Waals surface area contributed by atoms with Crippen LogP contribution >= 0.6 is 0 Å². The summed E-state index contributed by atoms with van der Waals surface area (Å²) in [6.07, 6.45) is 9.24. The van der Waals surface area contributed by atoms with Crippen LogP contribution in [0.3, 0.4) is 0 Å². The minimum Gasteiger partial charge on any atom is -0.481 e. The van der Waals surface area contributed by atoms with Crippen LogP contribution in [0.15, 0.2) is 0 Å². The van der Waals surface area contributed by atoms with Gasteiger partial charge in [0.15, 0.2) is 0 Å². The van der Waals surface area contributed by atoms with Crippen molar-refractivity contribution in [1.29, 1.82) is 0 Å². The van der Waals surface area contributed by atoms with E-state index in [4.69, 9.17) is 31.9 Å². The molecule has 0 saturated carbocycles. The molecule has 0 aliphatic carbocycles. The highest BCUT2D eigenvalue weighted by atomic mass is 16.4. The van der Waals surface area contributed by atoms with Crippen LogP contribution in [0, 0.1) is 0 Å². The number of carboxylic acids is 4. The average Bonchev–Trinajstić information content (AvgIpc) is 2.85. The van der Waals surface area contributed by atoms with Crippen LogP contribution in [0.5, 0.6) is 0 Å². The third kappa shape index (κ3) is 19.5. The van der Waals surface area contributed by atoms with Gasteiger partial charge in [-0.15, -0.1) is 0 Å². The fraction of sp³-hybridized carbons (Fsp3) is 0.840. The summed E-state index contributed by atoms with van der Waals surface area (Å²) in [5, 5.41) is 34.5. The van der Waals surface area contributed by atoms with Gasteiger partial charge in [0, 0.05) is 38.0 Å². The second kappa shape index (κ2) is 21.8. The minimum atomic E-state index is -0.789. The van der Waals surface area contributed by atoms with Crippen LogP contribution in [-0.4, -0.2) is 105 Å². The van der Waals surface area contributed by atoms with Crippen LogP contribution in [0.2, 0.25) is 0 Å². The molecule has 0 amide bonds. The van der Waals surface area contributed by atoms with E-state index in [-0.39, 0.29) is 37.8 Å². The first-order chi connectivity index (χ1) is 17.6. The van der Waals surface area contributed by atoms with Gasteiger partial charge in [-0.1, -0.05) is 12.8 Å². The predicted octanol–water partition coefficient (Wildman–Crippen LogP) is 1.65. The monoisotopic (exact) mass is 532 g/mol. The molecule has 2 aliphatic rings. The molecule has 2 fully saturated rings. The Morgan fingerprint density at radius 1 is 0.595 bits per heavy atom. The van der Waals surface area contributed by atoms with Crippen molar-refractivity contribution >= 4 is 23.9 Å². The Kier molecular flexibility index (Phi) is 20.4. The Balaban J connectivity index is 0.000000594. The lowest BCUT2D eigenvalue weighted by Gasteiger charge is -2.35. The molecule has 2 atom stereocenters. The number of carboxylic acid groups (broad SMARTS) is 4. The number of carbonyl (C=O) groups is 4. The van der Waals surface area contributed by atoms with Crippen molar-refractivity contribution in [2.75, 3.05) is 39.3 Å². The van der Waals surface area contributed by atoms with Crippen LogP contribution in [0.4, 0.5) is 0 Å². The molecule has 0 radical (unpaired) electrons. The first-order valence-electron chi connectivity index (χ1n) is 13.4. The summed E-state index contributed by atoms with van der Waals surface area (Å²) >= 11 is 0. The van der Waals surface area contributed by atoms with Gasteiger partial charge in [-0.05, 0) is 71.1 Å². The van der Waals surface area contributed by atoms with Crippen molar-refractivity contribution in [2.45, 2.75) is 95.6 Å². The van der Waals surface area contributed by atoms with Gasteiger partial charge in [0.1, 0.15) is 0 Å². The molecule has 2 heterocycles. The number of hydrogen-bond acceptors (Lipinski definition) is 8. The molecule has 12 nitrogen and oxygen atoms in total. The molecule has 216 valence electrons. The van der Waals surface area contributed by atoms with Crippen LogP contribution < -0.4 is 11.5 Å². The zero-order valence-corrected chi connectivity index (χ0v) is 22.1. The Labute approximate surface area is 220 Å². The molecule has 2 unspecified atom stereocenters. The van der Waals surface area contributed by atoms with E-state index in [0.717, 1.165) is 71.1 Å². The Morgan fingerprint density at radius 3 is 1.22 bits per heavy atom. The number of piperidine rings is 2. The van der Waals surface area contributed by atoms with Gasteiger partial charge < -0.3 is 31.9 Å². The Hall–Kier alpha value is -2.28. The maximum absolute atomic E-state index is 10.5. The quantitative estimate of drug-likeness (QED) is 0.189. The summed E-state index contributed by atoms with van der Waals surface area (Å²) in [7, 11) is 0. The number of aliphatic carboxylic acids is 4. The third-order valence-corrected chi connectivity index (χ3v) is 6.52. The largest absolute Gasteiger partial charge is 0.481 e. The van der Waals surface area contributed by atoms with Crippen molar-refractivity contribution < 1.29 is 39.6 Å². The molecule has 0 aromatic rings. The second-order valence-electron chi connectivity index (χ2n) is 9.45. The summed E-state index contributed by atoms with van der Waals surface area (Å²) < 4.78 is 0. The summed E-state index contributed by atoms with van der Waals surface area (Å²) in [5.74, 6) is -3.13. The van der Waals surface area contributed by atoms with Gasteiger partial charge >= 0.3 is 23.9 Å². The zero-order chi connectivity index (χ0) is 28.1. The molecule has 0 bridgehead atoms. The van der Waals surface area contributed by atoms with Crippen molar-refractivity contribution in [3.63, 3.8) is 0 Å². The average molecular weight is 533 g/mol. The van der Waals surface area contributed by atoms with Crippen LogP contribution in [-0.2, 0) is 19.2 Å². The molecule has 0 aromatic carbocycles. The van der Waals surface area contributed by atoms with E-state index in [1.165, 1.54) is 0 Å². The van der Waals surface area contributed by atoms with E-state index in [9.17, 15) is 19.2 Å². The van der Waals surface area contributed by atoms with E-state index >= 15 is 0 Å². The summed E-state index contributed by atoms with van der Waals surface area (Å²) in [6.45, 7) is 4.32. The van der Waals surface area contributed by atoms with E-state index in [1.807, 2.05) is 0 Å². The van der Waals surface area contributed by atoms with Gasteiger partial charge in [0.05, 0.1) is 12.8 Å². The number of nitrogens with zero attached hydrogens (tertiary/aromatic N) is 2. The molecule has 12 heteroatoms. The highest BCUT2D eigenvalue weighted by molar-refractivity contribution is 5.67. The molecule has 2 saturated heterocycles. The van der Waals surface area contributed by atoms with Gasteiger partial charge in [0.2, 0.25) is 0 Å². The van der Waals surface area contributed by atoms with Crippen LogP contribution in [0.25, 0.3) is 0 Å². The summed E-state index contributed by atoms with van der Waals surface area (Å²) in [6, 6.07) is 0.508. The summed E-state index contributed by atoms with van der Waals surface area (Å²) in [5.41, 5.74) is 10.1. The van der Waals surface area contributed by atoms with E-state index in [1.54, 1.807) is 0 Å². The lowest BCUT2D eigenvalue weighted by molar-refractivity contribution is -0.139. The summed E-state index contributed by atoms with van der Waals surface area (Å²) in [4.78, 5) is 46.2. The number of rotatable bonds is 14. The van der Waals surface area contributed by atoms with Crippen molar-refractivity contribution in [1.82, 2.24) is 9.80 Å². The molecular weight excluding hydrogens is 484 g/mol. The molecule has 2 aliphatic heterocycles. The van der Waals surface area contributed by atoms with Gasteiger partial charge in [-0.25, -0.2) is 0 Å². The number of nitrogens with two attached hydrogens (primary N) is 2. The highest BCUT2D eigenvalue weighted by Gasteiger charge is 2.24. The van der Waals surface area contributed by atoms with E-state index < -0.39 is 23.9 Å². The number of hydrogen-bond donors (Lipinski definition) is 6.